The molecular weight excluding hydrogens is 278 g/mol. The van der Waals surface area contributed by atoms with Crippen LogP contribution in [-0.2, 0) is 0 Å². The molecule has 0 saturated carbocycles. The molecular formula is C10H13Se2. The summed E-state index contributed by atoms with van der Waals surface area (Å²) in [6, 6.07) is 10.1. The van der Waals surface area contributed by atoms with Gasteiger partial charge in [0, 0.05) is 0 Å². The number of benzene rings is 1. The molecule has 0 atom stereocenters. The molecule has 0 aliphatic heterocycles. The van der Waals surface area contributed by atoms with Gasteiger partial charge in [-0.25, -0.2) is 0 Å². The van der Waals surface area contributed by atoms with Gasteiger partial charge in [0.05, 0.1) is 0 Å². The van der Waals surface area contributed by atoms with E-state index >= 15 is 0 Å². The van der Waals surface area contributed by atoms with Gasteiger partial charge in [-0.15, -0.1) is 0 Å². The van der Waals surface area contributed by atoms with E-state index in [1.807, 2.05) is 0 Å². The van der Waals surface area contributed by atoms with Gasteiger partial charge in [0.15, 0.2) is 0 Å². The van der Waals surface area contributed by atoms with E-state index in [9.17, 15) is 0 Å². The molecule has 0 amide bonds. The van der Waals surface area contributed by atoms with Gasteiger partial charge in [-0.3, -0.25) is 0 Å². The van der Waals surface area contributed by atoms with Crippen molar-refractivity contribution in [1.29, 1.82) is 0 Å². The van der Waals surface area contributed by atoms with Gasteiger partial charge in [0.2, 0.25) is 0 Å². The third-order valence-corrected chi connectivity index (χ3v) is 4.86. The van der Waals surface area contributed by atoms with Crippen LogP contribution >= 0.6 is 0 Å². The Kier molecular flexibility index (Phi) is 5.02. The maximum atomic E-state index is 3.50. The molecule has 1 radical (unpaired) electrons. The van der Waals surface area contributed by atoms with Crippen LogP contribution in [0.1, 0.15) is 13.8 Å². The summed E-state index contributed by atoms with van der Waals surface area (Å²) in [4.78, 5) is 0. The molecule has 0 saturated heterocycles. The Morgan fingerprint density at radius 1 is 1.08 bits per heavy atom. The summed E-state index contributed by atoms with van der Waals surface area (Å²) < 4.78 is 2.88. The topological polar surface area (TPSA) is 0 Å². The van der Waals surface area contributed by atoms with Crippen LogP contribution in [0.5, 0.6) is 0 Å². The second-order valence-corrected chi connectivity index (χ2v) is 7.72. The third-order valence-electron chi connectivity index (χ3n) is 1.34. The van der Waals surface area contributed by atoms with Crippen LogP contribution in [-0.4, -0.2) is 29.9 Å². The zero-order valence-electron chi connectivity index (χ0n) is 7.46. The molecule has 0 nitrogen and oxygen atoms in total. The predicted molar refractivity (Wildman–Crippen MR) is 57.0 cm³/mol. The zero-order chi connectivity index (χ0) is 8.81. The van der Waals surface area contributed by atoms with E-state index in [0.717, 1.165) is 0 Å². The van der Waals surface area contributed by atoms with Crippen molar-refractivity contribution in [2.75, 3.05) is 0 Å². The molecule has 0 bridgehead atoms. The Labute approximate surface area is 87.5 Å². The fourth-order valence-electron chi connectivity index (χ4n) is 0.907. The molecule has 0 aliphatic carbocycles. The fraction of sp³-hybridized carbons (Fsp3) is 0.400. The summed E-state index contributed by atoms with van der Waals surface area (Å²) in [6.07, 6.45) is 0. The first-order valence-corrected chi connectivity index (χ1v) is 8.28. The van der Waals surface area contributed by atoms with Crippen molar-refractivity contribution in [3.63, 3.8) is 0 Å². The molecule has 0 unspecified atom stereocenters. The predicted octanol–water partition coefficient (Wildman–Crippen LogP) is 1.02. The summed E-state index contributed by atoms with van der Waals surface area (Å²) in [5.74, 6) is 0. The van der Waals surface area contributed by atoms with Gasteiger partial charge < -0.3 is 0 Å². The molecule has 0 heterocycles. The normalized spacial score (nSPS) is 10.2. The first-order chi connectivity index (χ1) is 5.86. The molecule has 0 spiro atoms. The van der Waals surface area contributed by atoms with E-state index in [-0.39, 0.29) is 0 Å². The van der Waals surface area contributed by atoms with Crippen molar-refractivity contribution in [3.05, 3.63) is 24.3 Å². The van der Waals surface area contributed by atoms with E-state index < -0.39 is 0 Å². The number of hydrogen-bond acceptors (Lipinski definition) is 0. The quantitative estimate of drug-likeness (QED) is 0.727. The van der Waals surface area contributed by atoms with Crippen LogP contribution < -0.4 is 8.92 Å². The van der Waals surface area contributed by atoms with Crippen LogP contribution in [0, 0.1) is 6.07 Å². The van der Waals surface area contributed by atoms with Crippen LogP contribution in [0.15, 0.2) is 18.2 Å². The first kappa shape index (κ1) is 10.3. The van der Waals surface area contributed by atoms with Crippen molar-refractivity contribution >= 4 is 38.8 Å². The molecule has 12 heavy (non-hydrogen) atoms. The second-order valence-electron chi connectivity index (χ2n) is 2.25. The Hall–Kier alpha value is 0.259. The maximum absolute atomic E-state index is 3.50. The molecule has 65 valence electrons. The van der Waals surface area contributed by atoms with Crippen LogP contribution in [0.2, 0.25) is 10.6 Å². The molecule has 1 aromatic carbocycles. The van der Waals surface area contributed by atoms with Crippen LogP contribution in [0.25, 0.3) is 0 Å². The van der Waals surface area contributed by atoms with Crippen molar-refractivity contribution in [2.24, 2.45) is 0 Å². The summed E-state index contributed by atoms with van der Waals surface area (Å²) >= 11 is 1.31. The van der Waals surface area contributed by atoms with Gasteiger partial charge >= 0.3 is 87.6 Å². The second kappa shape index (κ2) is 5.83. The number of rotatable bonds is 4. The van der Waals surface area contributed by atoms with E-state index in [2.05, 4.69) is 38.1 Å². The van der Waals surface area contributed by atoms with Gasteiger partial charge in [0.25, 0.3) is 0 Å². The average molecular weight is 291 g/mol. The molecule has 0 N–H and O–H groups in total. The molecule has 2 heteroatoms. The minimum absolute atomic E-state index is 0.653. The Morgan fingerprint density at radius 2 is 1.58 bits per heavy atom. The van der Waals surface area contributed by atoms with Crippen molar-refractivity contribution in [3.8, 4) is 0 Å². The molecule has 1 rings (SSSR count). The van der Waals surface area contributed by atoms with Gasteiger partial charge in [0.1, 0.15) is 0 Å². The summed E-state index contributed by atoms with van der Waals surface area (Å²) in [6.45, 7) is 4.48. The van der Waals surface area contributed by atoms with E-state index in [4.69, 9.17) is 0 Å². The Morgan fingerprint density at radius 3 is 2.00 bits per heavy atom. The third kappa shape index (κ3) is 3.33. The summed E-state index contributed by atoms with van der Waals surface area (Å²) in [5, 5.41) is 2.57. The van der Waals surface area contributed by atoms with E-state index in [0.29, 0.717) is 29.9 Å². The zero-order valence-corrected chi connectivity index (χ0v) is 10.9. The molecule has 0 aromatic heterocycles. The summed E-state index contributed by atoms with van der Waals surface area (Å²) in [7, 11) is 0. The van der Waals surface area contributed by atoms with E-state index in [1.54, 1.807) is 0 Å². The Balaban J connectivity index is 2.67. The molecule has 0 fully saturated rings. The standard InChI is InChI=1S/C10H13Se2/c1-3-11-9-6-5-7-10(8-9)12-4-2/h5-7H,3-4H2,1-2H3. The van der Waals surface area contributed by atoms with Crippen molar-refractivity contribution < 1.29 is 0 Å². The average Bonchev–Trinajstić information content (AvgIpc) is 2.06. The van der Waals surface area contributed by atoms with Crippen molar-refractivity contribution in [2.45, 2.75) is 24.5 Å². The molecule has 1 aromatic rings. The first-order valence-electron chi connectivity index (χ1n) is 4.14. The van der Waals surface area contributed by atoms with E-state index in [1.165, 1.54) is 19.6 Å². The number of hydrogen-bond donors (Lipinski definition) is 0. The fourth-order valence-corrected chi connectivity index (χ4v) is 4.04. The SMILES string of the molecule is CC[Se]c1[c]c([Se]CC)ccc1. The van der Waals surface area contributed by atoms with Gasteiger partial charge in [-0.2, -0.15) is 0 Å². The van der Waals surface area contributed by atoms with Crippen LogP contribution in [0.3, 0.4) is 0 Å². The van der Waals surface area contributed by atoms with Gasteiger partial charge in [-0.1, -0.05) is 0 Å². The molecule has 0 aliphatic rings. The monoisotopic (exact) mass is 293 g/mol. The van der Waals surface area contributed by atoms with Gasteiger partial charge in [-0.05, 0) is 0 Å². The van der Waals surface area contributed by atoms with Crippen molar-refractivity contribution in [1.82, 2.24) is 0 Å². The Bertz CT molecular complexity index is 212. The minimum atomic E-state index is 0.653. The van der Waals surface area contributed by atoms with Crippen LogP contribution in [0.4, 0.5) is 0 Å². The summed E-state index contributed by atoms with van der Waals surface area (Å²) in [5.41, 5.74) is 0.